The molecule has 0 aliphatic heterocycles. The van der Waals surface area contributed by atoms with Crippen molar-refractivity contribution in [3.63, 3.8) is 0 Å². The molecule has 0 atom stereocenters. The summed E-state index contributed by atoms with van der Waals surface area (Å²) in [7, 11) is 0. The Labute approximate surface area is 171 Å². The van der Waals surface area contributed by atoms with E-state index in [9.17, 15) is 14.0 Å². The average molecular weight is 415 g/mol. The summed E-state index contributed by atoms with van der Waals surface area (Å²) in [6.45, 7) is 0. The van der Waals surface area contributed by atoms with Crippen molar-refractivity contribution < 1.29 is 18.7 Å². The Morgan fingerprint density at radius 3 is 2.00 bits per heavy atom. The molecule has 0 bridgehead atoms. The van der Waals surface area contributed by atoms with E-state index in [-0.39, 0.29) is 17.1 Å². The first-order valence-electron chi connectivity index (χ1n) is 8.18. The van der Waals surface area contributed by atoms with Crippen LogP contribution in [0, 0.1) is 5.82 Å². The van der Waals surface area contributed by atoms with Gasteiger partial charge in [-0.25, -0.2) is 9.18 Å². The molecule has 0 unspecified atom stereocenters. The molecule has 0 aliphatic rings. The fraction of sp³-hybridized carbons (Fsp3) is 0. The number of ketones is 1. The Bertz CT molecular complexity index is 1020. The molecule has 140 valence electrons. The molecule has 0 saturated carbocycles. The Balaban J connectivity index is 1.68. The molecule has 3 nitrogen and oxygen atoms in total. The summed E-state index contributed by atoms with van der Waals surface area (Å²) in [6.07, 6.45) is 2.92. The number of carbonyl (C=O) groups excluding carboxylic acids is 2. The number of ether oxygens (including phenoxy) is 1. The number of esters is 1. The van der Waals surface area contributed by atoms with Crippen molar-refractivity contribution in [2.45, 2.75) is 0 Å². The second-order valence-electron chi connectivity index (χ2n) is 5.75. The van der Waals surface area contributed by atoms with Crippen LogP contribution in [0.4, 0.5) is 4.39 Å². The van der Waals surface area contributed by atoms with E-state index in [0.29, 0.717) is 21.2 Å². The van der Waals surface area contributed by atoms with E-state index < -0.39 is 11.8 Å². The molecule has 0 heterocycles. The molecule has 3 aromatic carbocycles. The lowest BCUT2D eigenvalue weighted by molar-refractivity contribution is 0.0734. The SMILES string of the molecule is O=C(/C=C/c1c(Cl)cccc1Cl)c1ccc(OC(=O)c2ccc(F)cc2)cc1. The topological polar surface area (TPSA) is 43.4 Å². The molecule has 0 radical (unpaired) electrons. The van der Waals surface area contributed by atoms with Crippen LogP contribution < -0.4 is 4.74 Å². The van der Waals surface area contributed by atoms with Gasteiger partial charge in [0.2, 0.25) is 0 Å². The zero-order valence-electron chi connectivity index (χ0n) is 14.4. The number of hydrogen-bond acceptors (Lipinski definition) is 3. The van der Waals surface area contributed by atoms with Gasteiger partial charge < -0.3 is 4.74 Å². The molecule has 0 N–H and O–H groups in total. The quantitative estimate of drug-likeness (QED) is 0.214. The van der Waals surface area contributed by atoms with E-state index >= 15 is 0 Å². The first kappa shape index (κ1) is 19.8. The Hall–Kier alpha value is -2.95. The van der Waals surface area contributed by atoms with Gasteiger partial charge in [-0.2, -0.15) is 0 Å². The molecule has 0 aromatic heterocycles. The summed E-state index contributed by atoms with van der Waals surface area (Å²) in [5, 5.41) is 0.888. The summed E-state index contributed by atoms with van der Waals surface area (Å²) in [6, 6.07) is 16.2. The average Bonchev–Trinajstić information content (AvgIpc) is 2.68. The monoisotopic (exact) mass is 414 g/mol. The van der Waals surface area contributed by atoms with Gasteiger partial charge >= 0.3 is 5.97 Å². The number of benzene rings is 3. The van der Waals surface area contributed by atoms with Crippen molar-refractivity contribution in [2.75, 3.05) is 0 Å². The van der Waals surface area contributed by atoms with Crippen LogP contribution in [0.2, 0.25) is 10.0 Å². The highest BCUT2D eigenvalue weighted by molar-refractivity contribution is 6.37. The fourth-order valence-electron chi connectivity index (χ4n) is 2.36. The van der Waals surface area contributed by atoms with Crippen LogP contribution in [0.3, 0.4) is 0 Å². The third kappa shape index (κ3) is 4.85. The van der Waals surface area contributed by atoms with Crippen LogP contribution in [0.25, 0.3) is 6.08 Å². The second-order valence-corrected chi connectivity index (χ2v) is 6.57. The number of halogens is 3. The van der Waals surface area contributed by atoms with Crippen LogP contribution in [0.15, 0.2) is 72.8 Å². The fourth-order valence-corrected chi connectivity index (χ4v) is 2.89. The molecule has 0 amide bonds. The van der Waals surface area contributed by atoms with Crippen LogP contribution in [0.5, 0.6) is 5.75 Å². The van der Waals surface area contributed by atoms with Crippen LogP contribution >= 0.6 is 23.2 Å². The van der Waals surface area contributed by atoms with Gasteiger partial charge in [0, 0.05) is 21.2 Å². The third-order valence-corrected chi connectivity index (χ3v) is 4.49. The van der Waals surface area contributed by atoms with E-state index in [4.69, 9.17) is 27.9 Å². The van der Waals surface area contributed by atoms with Crippen molar-refractivity contribution in [3.8, 4) is 5.75 Å². The maximum absolute atomic E-state index is 12.9. The molecular weight excluding hydrogens is 402 g/mol. The minimum Gasteiger partial charge on any atom is -0.423 e. The zero-order valence-corrected chi connectivity index (χ0v) is 15.9. The highest BCUT2D eigenvalue weighted by atomic mass is 35.5. The van der Waals surface area contributed by atoms with E-state index in [0.717, 1.165) is 0 Å². The minimum atomic E-state index is -0.618. The van der Waals surface area contributed by atoms with Gasteiger partial charge in [0.25, 0.3) is 0 Å². The van der Waals surface area contributed by atoms with Crippen molar-refractivity contribution in [1.29, 1.82) is 0 Å². The largest absolute Gasteiger partial charge is 0.423 e. The van der Waals surface area contributed by atoms with Crippen molar-refractivity contribution in [3.05, 3.63) is 105 Å². The molecule has 6 heteroatoms. The lowest BCUT2D eigenvalue weighted by Gasteiger charge is -2.05. The van der Waals surface area contributed by atoms with Gasteiger partial charge in [-0.1, -0.05) is 29.3 Å². The smallest absolute Gasteiger partial charge is 0.343 e. The van der Waals surface area contributed by atoms with Crippen molar-refractivity contribution >= 4 is 41.0 Å². The first-order chi connectivity index (χ1) is 13.4. The standard InChI is InChI=1S/C22H13Cl2FO3/c23-19-2-1-3-20(24)18(19)12-13-21(26)14-6-10-17(11-7-14)28-22(27)15-4-8-16(25)9-5-15/h1-13H/b13-12+. The molecule has 3 aromatic rings. The predicted molar refractivity (Wildman–Crippen MR) is 108 cm³/mol. The Morgan fingerprint density at radius 1 is 0.821 bits per heavy atom. The summed E-state index contributed by atoms with van der Waals surface area (Å²) in [4.78, 5) is 24.3. The molecule has 0 fully saturated rings. The number of carbonyl (C=O) groups is 2. The normalized spacial score (nSPS) is 10.8. The van der Waals surface area contributed by atoms with Gasteiger partial charge in [-0.3, -0.25) is 4.79 Å². The van der Waals surface area contributed by atoms with E-state index in [1.165, 1.54) is 54.6 Å². The summed E-state index contributed by atoms with van der Waals surface area (Å²) < 4.78 is 18.1. The Kier molecular flexibility index (Phi) is 6.24. The maximum atomic E-state index is 12.9. The van der Waals surface area contributed by atoms with Gasteiger partial charge in [0.05, 0.1) is 5.56 Å². The van der Waals surface area contributed by atoms with Crippen LogP contribution in [-0.2, 0) is 0 Å². The van der Waals surface area contributed by atoms with Crippen molar-refractivity contribution in [2.24, 2.45) is 0 Å². The molecule has 3 rings (SSSR count). The predicted octanol–water partition coefficient (Wildman–Crippen LogP) is 6.25. The third-order valence-electron chi connectivity index (χ3n) is 3.83. The lowest BCUT2D eigenvalue weighted by atomic mass is 10.1. The highest BCUT2D eigenvalue weighted by Gasteiger charge is 2.10. The second kappa shape index (κ2) is 8.83. The first-order valence-corrected chi connectivity index (χ1v) is 8.94. The highest BCUT2D eigenvalue weighted by Crippen LogP contribution is 2.25. The molecule has 0 spiro atoms. The van der Waals surface area contributed by atoms with Gasteiger partial charge in [0.15, 0.2) is 5.78 Å². The van der Waals surface area contributed by atoms with Gasteiger partial charge in [-0.05, 0) is 72.8 Å². The Morgan fingerprint density at radius 2 is 1.39 bits per heavy atom. The maximum Gasteiger partial charge on any atom is 0.343 e. The molecule has 0 aliphatic carbocycles. The minimum absolute atomic E-state index is 0.223. The van der Waals surface area contributed by atoms with Gasteiger partial charge in [-0.15, -0.1) is 0 Å². The van der Waals surface area contributed by atoms with Crippen molar-refractivity contribution in [1.82, 2.24) is 0 Å². The van der Waals surface area contributed by atoms with E-state index in [1.54, 1.807) is 24.3 Å². The summed E-state index contributed by atoms with van der Waals surface area (Å²) in [5.74, 6) is -1.05. The lowest BCUT2D eigenvalue weighted by Crippen LogP contribution is -2.08. The summed E-state index contributed by atoms with van der Waals surface area (Å²) in [5.41, 5.74) is 1.19. The van der Waals surface area contributed by atoms with E-state index in [1.807, 2.05) is 0 Å². The molecule has 0 saturated heterocycles. The van der Waals surface area contributed by atoms with Crippen LogP contribution in [0.1, 0.15) is 26.3 Å². The molecule has 28 heavy (non-hydrogen) atoms. The molecular formula is C22H13Cl2FO3. The summed E-state index contributed by atoms with van der Waals surface area (Å²) >= 11 is 12.1. The number of rotatable bonds is 5. The number of allylic oxidation sites excluding steroid dienone is 1. The zero-order chi connectivity index (χ0) is 20.1. The van der Waals surface area contributed by atoms with Gasteiger partial charge in [0.1, 0.15) is 11.6 Å². The van der Waals surface area contributed by atoms with Crippen LogP contribution in [-0.4, -0.2) is 11.8 Å². The number of hydrogen-bond donors (Lipinski definition) is 0. The van der Waals surface area contributed by atoms with E-state index in [2.05, 4.69) is 0 Å².